The van der Waals surface area contributed by atoms with Crippen LogP contribution in [0.1, 0.15) is 53.2 Å². The molecule has 8 nitrogen and oxygen atoms in total. The zero-order chi connectivity index (χ0) is 25.1. The van der Waals surface area contributed by atoms with Gasteiger partial charge in [0.15, 0.2) is 5.82 Å². The Balaban J connectivity index is 1.53. The monoisotopic (exact) mass is 482 g/mol. The smallest absolute Gasteiger partial charge is 0.252 e. The quantitative estimate of drug-likeness (QED) is 0.320. The molecule has 2 aromatic carbocycles. The number of H-pyrrole nitrogens is 1. The van der Waals surface area contributed by atoms with E-state index in [0.29, 0.717) is 25.2 Å². The van der Waals surface area contributed by atoms with Crippen molar-refractivity contribution in [2.45, 2.75) is 52.9 Å². The Morgan fingerprint density at radius 2 is 1.83 bits per heavy atom. The number of aromatic nitrogens is 5. The second-order valence-corrected chi connectivity index (χ2v) is 9.24. The predicted octanol–water partition coefficient (Wildman–Crippen LogP) is 4.93. The van der Waals surface area contributed by atoms with Gasteiger partial charge in [-0.05, 0) is 83.1 Å². The molecule has 3 aromatic heterocycles. The zero-order valence-corrected chi connectivity index (χ0v) is 20.8. The first-order chi connectivity index (χ1) is 17.5. The molecule has 36 heavy (non-hydrogen) atoms. The number of tetrazole rings is 1. The molecular weight excluding hydrogens is 452 g/mol. The minimum Gasteiger partial charge on any atom is -0.467 e. The van der Waals surface area contributed by atoms with Gasteiger partial charge < -0.3 is 9.40 Å². The van der Waals surface area contributed by atoms with E-state index in [1.54, 1.807) is 10.9 Å². The highest BCUT2D eigenvalue weighted by molar-refractivity contribution is 5.80. The number of rotatable bonds is 9. The summed E-state index contributed by atoms with van der Waals surface area (Å²) in [4.78, 5) is 18.5. The molecular formula is C28H30N6O2. The third-order valence-corrected chi connectivity index (χ3v) is 6.71. The molecule has 1 N–H and O–H groups in total. The molecule has 0 radical (unpaired) electrons. The molecule has 0 bridgehead atoms. The zero-order valence-electron chi connectivity index (χ0n) is 20.8. The van der Waals surface area contributed by atoms with Gasteiger partial charge in [0.05, 0.1) is 12.3 Å². The Morgan fingerprint density at radius 1 is 1.03 bits per heavy atom. The summed E-state index contributed by atoms with van der Waals surface area (Å²) in [6, 6.07) is 20.1. The highest BCUT2D eigenvalue weighted by Crippen LogP contribution is 2.27. The van der Waals surface area contributed by atoms with E-state index < -0.39 is 0 Å². The topological polar surface area (TPSA) is 92.8 Å². The number of fused-ring (bicyclic) bond motifs is 1. The number of furan rings is 1. The fourth-order valence-corrected chi connectivity index (χ4v) is 4.67. The first-order valence-electron chi connectivity index (χ1n) is 12.2. The molecule has 0 amide bonds. The van der Waals surface area contributed by atoms with Crippen molar-refractivity contribution in [1.82, 2.24) is 30.1 Å². The lowest BCUT2D eigenvalue weighted by Gasteiger charge is -2.30. The van der Waals surface area contributed by atoms with Gasteiger partial charge in [-0.15, -0.1) is 5.10 Å². The number of hydrogen-bond acceptors (Lipinski definition) is 6. The number of hydrogen-bond donors (Lipinski definition) is 1. The van der Waals surface area contributed by atoms with Gasteiger partial charge in [-0.1, -0.05) is 37.3 Å². The van der Waals surface area contributed by atoms with Crippen molar-refractivity contribution < 1.29 is 4.42 Å². The molecule has 8 heteroatoms. The van der Waals surface area contributed by atoms with Crippen LogP contribution in [0.5, 0.6) is 0 Å². The second-order valence-electron chi connectivity index (χ2n) is 9.24. The van der Waals surface area contributed by atoms with Crippen molar-refractivity contribution in [3.05, 3.63) is 111 Å². The van der Waals surface area contributed by atoms with Gasteiger partial charge in [-0.3, -0.25) is 9.69 Å². The Labute approximate surface area is 209 Å². The normalized spacial score (nSPS) is 12.4. The number of aromatic amines is 1. The van der Waals surface area contributed by atoms with Crippen molar-refractivity contribution in [3.8, 4) is 0 Å². The van der Waals surface area contributed by atoms with E-state index in [1.165, 1.54) is 5.56 Å². The van der Waals surface area contributed by atoms with E-state index in [4.69, 9.17) is 4.42 Å². The second kappa shape index (κ2) is 10.3. The predicted molar refractivity (Wildman–Crippen MR) is 138 cm³/mol. The lowest BCUT2D eigenvalue weighted by molar-refractivity contribution is 0.161. The van der Waals surface area contributed by atoms with Crippen molar-refractivity contribution in [3.63, 3.8) is 0 Å². The van der Waals surface area contributed by atoms with Gasteiger partial charge in [0.25, 0.3) is 5.56 Å². The van der Waals surface area contributed by atoms with Gasteiger partial charge >= 0.3 is 0 Å². The number of nitrogens with one attached hydrogen (secondary N) is 1. The number of aryl methyl sites for hydroxylation is 2. The fourth-order valence-electron chi connectivity index (χ4n) is 4.67. The van der Waals surface area contributed by atoms with Crippen LogP contribution in [-0.2, 0) is 19.6 Å². The van der Waals surface area contributed by atoms with Crippen molar-refractivity contribution in [1.29, 1.82) is 0 Å². The molecule has 0 saturated heterocycles. The standard InChI is InChI=1S/C28H30N6O2/c1-4-26(27-30-31-32-34(27)18-24-11-8-12-36-24)33(16-21-9-6-5-7-10-21)17-23-15-22-13-19(2)20(3)14-25(22)29-28(23)35/h5-15,26H,4,16-18H2,1-3H3,(H,29,35)/t26-/m0/s1. The minimum absolute atomic E-state index is 0.0751. The first-order valence-corrected chi connectivity index (χ1v) is 12.2. The summed E-state index contributed by atoms with van der Waals surface area (Å²) < 4.78 is 7.31. The van der Waals surface area contributed by atoms with Gasteiger partial charge in [-0.25, -0.2) is 4.68 Å². The first kappa shape index (κ1) is 23.7. The molecule has 1 atom stereocenters. The molecule has 0 spiro atoms. The minimum atomic E-state index is -0.106. The summed E-state index contributed by atoms with van der Waals surface area (Å²) in [5.41, 5.74) is 5.01. The average molecular weight is 483 g/mol. The van der Waals surface area contributed by atoms with Crippen molar-refractivity contribution in [2.24, 2.45) is 0 Å². The van der Waals surface area contributed by atoms with Gasteiger partial charge in [0, 0.05) is 24.2 Å². The molecule has 3 heterocycles. The summed E-state index contributed by atoms with van der Waals surface area (Å²) in [7, 11) is 0. The largest absolute Gasteiger partial charge is 0.467 e. The van der Waals surface area contributed by atoms with Crippen LogP contribution in [-0.4, -0.2) is 30.1 Å². The molecule has 184 valence electrons. The van der Waals surface area contributed by atoms with Crippen LogP contribution < -0.4 is 5.56 Å². The van der Waals surface area contributed by atoms with E-state index >= 15 is 0 Å². The third-order valence-electron chi connectivity index (χ3n) is 6.71. The lowest BCUT2D eigenvalue weighted by Crippen LogP contribution is -2.32. The summed E-state index contributed by atoms with van der Waals surface area (Å²) in [6.45, 7) is 7.82. The van der Waals surface area contributed by atoms with Gasteiger partial charge in [0.1, 0.15) is 12.3 Å². The summed E-state index contributed by atoms with van der Waals surface area (Å²) in [5.74, 6) is 1.53. The number of pyridine rings is 1. The van der Waals surface area contributed by atoms with Crippen LogP contribution in [0.3, 0.4) is 0 Å². The Kier molecular flexibility index (Phi) is 6.77. The molecule has 0 aliphatic heterocycles. The number of benzene rings is 2. The van der Waals surface area contributed by atoms with Crippen LogP contribution in [0.25, 0.3) is 10.9 Å². The fraction of sp³-hybridized carbons (Fsp3) is 0.286. The van der Waals surface area contributed by atoms with Crippen LogP contribution in [0.4, 0.5) is 0 Å². The molecule has 0 unspecified atom stereocenters. The number of nitrogens with zero attached hydrogens (tertiary/aromatic N) is 5. The van der Waals surface area contributed by atoms with Crippen LogP contribution in [0, 0.1) is 13.8 Å². The van der Waals surface area contributed by atoms with E-state index in [9.17, 15) is 4.79 Å². The molecule has 0 aliphatic rings. The van der Waals surface area contributed by atoms with E-state index in [0.717, 1.165) is 40.0 Å². The average Bonchev–Trinajstić information content (AvgIpc) is 3.55. The van der Waals surface area contributed by atoms with Crippen LogP contribution in [0.15, 0.2) is 76.1 Å². The summed E-state index contributed by atoms with van der Waals surface area (Å²) >= 11 is 0. The van der Waals surface area contributed by atoms with Crippen LogP contribution >= 0.6 is 0 Å². The lowest BCUT2D eigenvalue weighted by atomic mass is 10.0. The van der Waals surface area contributed by atoms with Gasteiger partial charge in [0.2, 0.25) is 0 Å². The summed E-state index contributed by atoms with van der Waals surface area (Å²) in [5, 5.41) is 13.6. The highest BCUT2D eigenvalue weighted by atomic mass is 16.3. The Bertz CT molecular complexity index is 1500. The molecule has 0 fully saturated rings. The Hall–Kier alpha value is -4.04. The van der Waals surface area contributed by atoms with Crippen molar-refractivity contribution >= 4 is 10.9 Å². The van der Waals surface area contributed by atoms with Crippen LogP contribution in [0.2, 0.25) is 0 Å². The molecule has 0 saturated carbocycles. The highest BCUT2D eigenvalue weighted by Gasteiger charge is 2.26. The van der Waals surface area contributed by atoms with E-state index in [1.807, 2.05) is 42.5 Å². The maximum atomic E-state index is 13.2. The third kappa shape index (κ3) is 4.99. The van der Waals surface area contributed by atoms with E-state index in [2.05, 4.69) is 64.4 Å². The summed E-state index contributed by atoms with van der Waals surface area (Å²) in [6.07, 6.45) is 2.42. The maximum Gasteiger partial charge on any atom is 0.252 e. The van der Waals surface area contributed by atoms with Gasteiger partial charge in [-0.2, -0.15) is 0 Å². The van der Waals surface area contributed by atoms with E-state index in [-0.39, 0.29) is 11.6 Å². The SMILES string of the molecule is CC[C@@H](c1nnnn1Cc1ccco1)N(Cc1ccccc1)Cc1cc2cc(C)c(C)cc2[nH]c1=O. The molecule has 5 aromatic rings. The molecule has 5 rings (SSSR count). The maximum absolute atomic E-state index is 13.2. The molecule has 0 aliphatic carbocycles. The Morgan fingerprint density at radius 3 is 2.58 bits per heavy atom. The van der Waals surface area contributed by atoms with Crippen molar-refractivity contribution in [2.75, 3.05) is 0 Å².